The van der Waals surface area contributed by atoms with E-state index < -0.39 is 0 Å². The maximum atomic E-state index is 6.02. The molecule has 0 heterocycles. The Labute approximate surface area is 163 Å². The van der Waals surface area contributed by atoms with Crippen molar-refractivity contribution in [2.24, 2.45) is 15.8 Å². The summed E-state index contributed by atoms with van der Waals surface area (Å²) >= 11 is 11.9. The van der Waals surface area contributed by atoms with E-state index in [0.717, 1.165) is 22.5 Å². The standard InChI is InChI=1S/C18H18Cl2N4.ClH/c1-12(10-14-8-9-16(19)17(20)11-14)13(2)23-24-18(21)22-15-6-4-3-5-7-15;/h3-11H,1-2H3,(H3,21,22,24);1H/b12-10+,23-13+;. The fraction of sp³-hybridized carbons (Fsp3) is 0.111. The molecule has 0 spiro atoms. The number of allylic oxidation sites excluding steroid dienone is 1. The molecule has 2 aromatic rings. The molecule has 3 N–H and O–H groups in total. The Morgan fingerprint density at radius 3 is 2.36 bits per heavy atom. The van der Waals surface area contributed by atoms with Crippen LogP contribution in [-0.2, 0) is 0 Å². The number of hydrogen-bond acceptors (Lipinski definition) is 2. The van der Waals surface area contributed by atoms with Crippen molar-refractivity contribution in [2.75, 3.05) is 0 Å². The number of benzene rings is 2. The van der Waals surface area contributed by atoms with Crippen molar-refractivity contribution in [1.82, 2.24) is 5.43 Å². The first-order valence-electron chi connectivity index (χ1n) is 7.29. The van der Waals surface area contributed by atoms with Crippen LogP contribution in [0.4, 0.5) is 5.69 Å². The van der Waals surface area contributed by atoms with E-state index in [0.29, 0.717) is 10.0 Å². The molecule has 2 rings (SSSR count). The van der Waals surface area contributed by atoms with E-state index in [4.69, 9.17) is 28.9 Å². The second-order valence-corrected chi connectivity index (χ2v) is 5.96. The number of aliphatic imine (C=N–C) groups is 1. The van der Waals surface area contributed by atoms with Crippen LogP contribution in [0.5, 0.6) is 0 Å². The van der Waals surface area contributed by atoms with Gasteiger partial charge in [-0.25, -0.2) is 10.4 Å². The molecule has 0 aromatic heterocycles. The Morgan fingerprint density at radius 2 is 1.72 bits per heavy atom. The molecular weight excluding hydrogens is 379 g/mol. The summed E-state index contributed by atoms with van der Waals surface area (Å²) in [6, 6.07) is 14.9. The van der Waals surface area contributed by atoms with E-state index in [1.54, 1.807) is 12.1 Å². The number of halogens is 3. The van der Waals surface area contributed by atoms with Gasteiger partial charge in [0.05, 0.1) is 21.4 Å². The molecule has 0 saturated heterocycles. The molecule has 2 aromatic carbocycles. The van der Waals surface area contributed by atoms with Crippen molar-refractivity contribution in [3.8, 4) is 0 Å². The highest BCUT2D eigenvalue weighted by molar-refractivity contribution is 6.42. The van der Waals surface area contributed by atoms with E-state index >= 15 is 0 Å². The van der Waals surface area contributed by atoms with Crippen LogP contribution in [0.2, 0.25) is 10.0 Å². The molecule has 132 valence electrons. The summed E-state index contributed by atoms with van der Waals surface area (Å²) in [5.41, 5.74) is 12.0. The third-order valence-corrected chi connectivity index (χ3v) is 3.98. The smallest absolute Gasteiger partial charge is 0.214 e. The molecule has 0 bridgehead atoms. The summed E-state index contributed by atoms with van der Waals surface area (Å²) in [6.45, 7) is 3.83. The second kappa shape index (κ2) is 10.1. The van der Waals surface area contributed by atoms with Crippen molar-refractivity contribution < 1.29 is 0 Å². The molecule has 0 amide bonds. The predicted molar refractivity (Wildman–Crippen MR) is 111 cm³/mol. The van der Waals surface area contributed by atoms with Gasteiger partial charge in [-0.15, -0.1) is 12.4 Å². The van der Waals surface area contributed by atoms with Crippen molar-refractivity contribution in [3.63, 3.8) is 0 Å². The normalized spacial score (nSPS) is 12.6. The lowest BCUT2D eigenvalue weighted by atomic mass is 10.1. The van der Waals surface area contributed by atoms with Crippen LogP contribution in [0.1, 0.15) is 19.4 Å². The van der Waals surface area contributed by atoms with Gasteiger partial charge in [-0.05, 0) is 49.2 Å². The van der Waals surface area contributed by atoms with Gasteiger partial charge >= 0.3 is 0 Å². The van der Waals surface area contributed by atoms with Gasteiger partial charge in [0.15, 0.2) is 0 Å². The van der Waals surface area contributed by atoms with Gasteiger partial charge in [0, 0.05) is 0 Å². The van der Waals surface area contributed by atoms with Gasteiger partial charge < -0.3 is 5.73 Å². The van der Waals surface area contributed by atoms with Gasteiger partial charge in [-0.1, -0.05) is 53.5 Å². The van der Waals surface area contributed by atoms with E-state index in [9.17, 15) is 0 Å². The Kier molecular flexibility index (Phi) is 8.49. The number of nitrogens with zero attached hydrogens (tertiary/aromatic N) is 2. The zero-order valence-corrected chi connectivity index (χ0v) is 16.2. The quantitative estimate of drug-likeness (QED) is 0.410. The third-order valence-electron chi connectivity index (χ3n) is 3.24. The average Bonchev–Trinajstić information content (AvgIpc) is 2.57. The first-order chi connectivity index (χ1) is 11.5. The number of hydrazone groups is 1. The van der Waals surface area contributed by atoms with Crippen LogP contribution >= 0.6 is 35.6 Å². The summed E-state index contributed by atoms with van der Waals surface area (Å²) in [5, 5.41) is 5.29. The summed E-state index contributed by atoms with van der Waals surface area (Å²) in [6.07, 6.45) is 1.97. The molecule has 0 unspecified atom stereocenters. The highest BCUT2D eigenvalue weighted by atomic mass is 35.5. The maximum Gasteiger partial charge on any atom is 0.214 e. The van der Waals surface area contributed by atoms with Crippen LogP contribution in [-0.4, -0.2) is 11.7 Å². The van der Waals surface area contributed by atoms with Gasteiger partial charge in [0.1, 0.15) is 0 Å². The number of para-hydroxylation sites is 1. The van der Waals surface area contributed by atoms with Crippen LogP contribution < -0.4 is 11.2 Å². The minimum atomic E-state index is 0. The van der Waals surface area contributed by atoms with Crippen LogP contribution in [0.25, 0.3) is 6.08 Å². The van der Waals surface area contributed by atoms with Gasteiger partial charge in [-0.3, -0.25) is 0 Å². The molecule has 0 atom stereocenters. The SMILES string of the molecule is CC(=C\c1ccc(Cl)c(Cl)c1)/C(C)=N/NC(N)=Nc1ccccc1.Cl. The van der Waals surface area contributed by atoms with Crippen molar-refractivity contribution in [3.05, 3.63) is 69.7 Å². The maximum absolute atomic E-state index is 6.02. The first kappa shape index (κ1) is 21.0. The minimum Gasteiger partial charge on any atom is -0.368 e. The zero-order chi connectivity index (χ0) is 17.5. The van der Waals surface area contributed by atoms with Crippen molar-refractivity contribution in [1.29, 1.82) is 0 Å². The topological polar surface area (TPSA) is 62.8 Å². The first-order valence-corrected chi connectivity index (χ1v) is 8.04. The van der Waals surface area contributed by atoms with E-state index in [2.05, 4.69) is 15.5 Å². The lowest BCUT2D eigenvalue weighted by Gasteiger charge is -2.04. The molecule has 0 saturated carbocycles. The number of nitrogens with one attached hydrogen (secondary N) is 1. The number of hydrogen-bond donors (Lipinski definition) is 2. The summed E-state index contributed by atoms with van der Waals surface area (Å²) in [7, 11) is 0. The van der Waals surface area contributed by atoms with Crippen LogP contribution in [0.3, 0.4) is 0 Å². The molecule has 0 aliphatic rings. The average molecular weight is 398 g/mol. The Balaban J connectivity index is 0.00000312. The largest absolute Gasteiger partial charge is 0.368 e. The molecule has 0 aliphatic heterocycles. The third kappa shape index (κ3) is 6.78. The molecule has 0 aliphatic carbocycles. The minimum absolute atomic E-state index is 0. The fourth-order valence-corrected chi connectivity index (χ4v) is 2.16. The highest BCUT2D eigenvalue weighted by Crippen LogP contribution is 2.23. The van der Waals surface area contributed by atoms with E-state index in [1.165, 1.54) is 0 Å². The van der Waals surface area contributed by atoms with Crippen molar-refractivity contribution in [2.45, 2.75) is 13.8 Å². The lowest BCUT2D eigenvalue weighted by molar-refractivity contribution is 1.00. The van der Waals surface area contributed by atoms with Crippen LogP contribution in [0.15, 0.2) is 64.2 Å². The summed E-state index contributed by atoms with van der Waals surface area (Å²) < 4.78 is 0. The highest BCUT2D eigenvalue weighted by Gasteiger charge is 2.00. The predicted octanol–water partition coefficient (Wildman–Crippen LogP) is 5.43. The lowest BCUT2D eigenvalue weighted by Crippen LogP contribution is -2.27. The molecule has 0 radical (unpaired) electrons. The molecule has 7 heteroatoms. The monoisotopic (exact) mass is 396 g/mol. The fourth-order valence-electron chi connectivity index (χ4n) is 1.85. The van der Waals surface area contributed by atoms with E-state index in [1.807, 2.05) is 56.3 Å². The Morgan fingerprint density at radius 1 is 1.04 bits per heavy atom. The molecule has 4 nitrogen and oxygen atoms in total. The summed E-state index contributed by atoms with van der Waals surface area (Å²) in [4.78, 5) is 4.22. The Hall–Kier alpha value is -2.01. The van der Waals surface area contributed by atoms with E-state index in [-0.39, 0.29) is 18.4 Å². The molecule has 0 fully saturated rings. The summed E-state index contributed by atoms with van der Waals surface area (Å²) in [5.74, 6) is 0.225. The molecule has 25 heavy (non-hydrogen) atoms. The van der Waals surface area contributed by atoms with Gasteiger partial charge in [0.2, 0.25) is 5.96 Å². The van der Waals surface area contributed by atoms with Gasteiger partial charge in [-0.2, -0.15) is 5.10 Å². The van der Waals surface area contributed by atoms with Crippen LogP contribution in [0, 0.1) is 0 Å². The molecular formula is C18H19Cl3N4. The second-order valence-electron chi connectivity index (χ2n) is 5.14. The van der Waals surface area contributed by atoms with Gasteiger partial charge in [0.25, 0.3) is 0 Å². The number of rotatable bonds is 4. The zero-order valence-electron chi connectivity index (χ0n) is 13.8. The number of guanidine groups is 1. The Bertz CT molecular complexity index is 799. The number of nitrogens with two attached hydrogens (primary N) is 1. The van der Waals surface area contributed by atoms with Crippen molar-refractivity contribution >= 4 is 59.0 Å².